The van der Waals surface area contributed by atoms with Gasteiger partial charge in [0.2, 0.25) is 0 Å². The molecule has 0 saturated carbocycles. The van der Waals surface area contributed by atoms with Gasteiger partial charge < -0.3 is 0 Å². The molecule has 2 aromatic rings. The van der Waals surface area contributed by atoms with Crippen LogP contribution in [0.5, 0.6) is 0 Å². The number of nitrogens with two attached hydrogens (primary N) is 1. The fourth-order valence-electron chi connectivity index (χ4n) is 2.69. The van der Waals surface area contributed by atoms with Crippen LogP contribution >= 0.6 is 11.6 Å². The van der Waals surface area contributed by atoms with E-state index < -0.39 is 0 Å². The van der Waals surface area contributed by atoms with E-state index in [2.05, 4.69) is 25.7 Å². The van der Waals surface area contributed by atoms with Crippen LogP contribution in [-0.2, 0) is 0 Å². The molecule has 0 heterocycles. The van der Waals surface area contributed by atoms with Crippen LogP contribution in [0.15, 0.2) is 49.0 Å². The first-order chi connectivity index (χ1) is 11.3. The van der Waals surface area contributed by atoms with E-state index in [1.54, 1.807) is 0 Å². The normalized spacial score (nSPS) is 12.0. The number of hydrogen-bond acceptors (Lipinski definition) is 2. The van der Waals surface area contributed by atoms with E-state index in [0.29, 0.717) is 17.1 Å². The van der Waals surface area contributed by atoms with Crippen molar-refractivity contribution in [1.29, 1.82) is 0 Å². The third-order valence-corrected chi connectivity index (χ3v) is 4.41. The summed E-state index contributed by atoms with van der Waals surface area (Å²) in [7, 11) is 5.91. The van der Waals surface area contributed by atoms with Crippen LogP contribution in [-0.4, -0.2) is 13.0 Å². The van der Waals surface area contributed by atoms with Crippen molar-refractivity contribution in [1.82, 2.24) is 5.32 Å². The molecule has 4 heteroatoms. The van der Waals surface area contributed by atoms with Crippen molar-refractivity contribution >= 4 is 35.9 Å². The fourth-order valence-corrected chi connectivity index (χ4v) is 2.94. The Morgan fingerprint density at radius 2 is 1.88 bits per heavy atom. The molecule has 2 rings (SSSR count). The van der Waals surface area contributed by atoms with E-state index >= 15 is 0 Å². The predicted octanol–water partition coefficient (Wildman–Crippen LogP) is 4.59. The maximum atomic E-state index is 6.37. The monoisotopic (exact) mass is 337 g/mol. The molecule has 0 aliphatic heterocycles. The zero-order chi connectivity index (χ0) is 17.9. The van der Waals surface area contributed by atoms with Crippen LogP contribution in [0, 0.1) is 5.92 Å². The molecule has 24 heavy (non-hydrogen) atoms. The van der Waals surface area contributed by atoms with Crippen LogP contribution < -0.4 is 11.1 Å². The topological polar surface area (TPSA) is 38.0 Å². The molecule has 0 aliphatic carbocycles. The van der Waals surface area contributed by atoms with Crippen molar-refractivity contribution in [3.8, 4) is 0 Å². The van der Waals surface area contributed by atoms with Crippen molar-refractivity contribution in [3.63, 3.8) is 0 Å². The second kappa shape index (κ2) is 7.72. The van der Waals surface area contributed by atoms with Gasteiger partial charge in [-0.1, -0.05) is 0 Å². The number of rotatable bonds is 6. The van der Waals surface area contributed by atoms with E-state index in [4.69, 9.17) is 24.8 Å². The number of benzene rings is 2. The molecule has 0 spiro atoms. The van der Waals surface area contributed by atoms with E-state index in [-0.39, 0.29) is 6.04 Å². The summed E-state index contributed by atoms with van der Waals surface area (Å²) in [5, 5.41) is 4.26. The molecule has 123 valence electrons. The molecule has 1 atom stereocenters. The summed E-state index contributed by atoms with van der Waals surface area (Å²) in [4.78, 5) is 0. The van der Waals surface area contributed by atoms with Crippen LogP contribution in [0.4, 0.5) is 5.69 Å². The zero-order valence-electron chi connectivity index (χ0n) is 14.4. The van der Waals surface area contributed by atoms with Gasteiger partial charge in [0.05, 0.1) is 0 Å². The van der Waals surface area contributed by atoms with Crippen LogP contribution in [0.3, 0.4) is 0 Å². The molecule has 0 amide bonds. The number of halogens is 1. The van der Waals surface area contributed by atoms with Gasteiger partial charge in [-0.25, -0.2) is 0 Å². The Kier molecular flexibility index (Phi) is 5.90. The van der Waals surface area contributed by atoms with E-state index in [1.807, 2.05) is 49.4 Å². The number of hydrogen-bond donors (Lipinski definition) is 2. The molecular formula is C20H23BClN2. The Balaban J connectivity index is 2.31. The SMILES string of the molecule is [B]=C(C)c1cc(C(=C)NC(c2ccccc2Cl)C(C)C)ccc1N. The molecule has 2 aromatic carbocycles. The minimum absolute atomic E-state index is 0.0650. The van der Waals surface area contributed by atoms with Gasteiger partial charge in [0.1, 0.15) is 0 Å². The van der Waals surface area contributed by atoms with E-state index in [9.17, 15) is 0 Å². The standard InChI is InChI=1S/C20H23BClN2/c1-12(2)20(16-7-5-6-8-18(16)22)24-14(4)15-9-10-19(23)17(11-15)13(3)21/h5-12,20,24H,4,23H2,1-3H3. The third kappa shape index (κ3) is 4.10. The van der Waals surface area contributed by atoms with Gasteiger partial charge in [-0.2, -0.15) is 0 Å². The number of nitrogen functional groups attached to an aromatic ring is 1. The summed E-state index contributed by atoms with van der Waals surface area (Å²) in [6, 6.07) is 13.7. The molecule has 0 fully saturated rings. The van der Waals surface area contributed by atoms with Crippen molar-refractivity contribution in [2.24, 2.45) is 5.92 Å². The summed E-state index contributed by atoms with van der Waals surface area (Å²) < 4.78 is 0. The summed E-state index contributed by atoms with van der Waals surface area (Å²) in [6.45, 7) is 10.3. The van der Waals surface area contributed by atoms with Gasteiger partial charge in [0.15, 0.2) is 0 Å². The Labute approximate surface area is 150 Å². The molecule has 2 nitrogen and oxygen atoms in total. The van der Waals surface area contributed by atoms with Gasteiger partial charge in [-0.05, 0) is 0 Å². The first-order valence-electron chi connectivity index (χ1n) is 8.00. The van der Waals surface area contributed by atoms with Gasteiger partial charge >= 0.3 is 150 Å². The molecular weight excluding hydrogens is 314 g/mol. The Hall–Kier alpha value is -2.00. The first kappa shape index (κ1) is 18.3. The second-order valence-corrected chi connectivity index (χ2v) is 6.76. The molecule has 0 saturated heterocycles. The first-order valence-corrected chi connectivity index (χ1v) is 8.38. The summed E-state index contributed by atoms with van der Waals surface area (Å²) in [6.07, 6.45) is 0. The van der Waals surface area contributed by atoms with Crippen molar-refractivity contribution in [2.45, 2.75) is 26.8 Å². The average Bonchev–Trinajstić information content (AvgIpc) is 2.53. The third-order valence-electron chi connectivity index (χ3n) is 4.06. The van der Waals surface area contributed by atoms with Crippen molar-refractivity contribution < 1.29 is 0 Å². The minimum atomic E-state index is 0.0650. The van der Waals surface area contributed by atoms with Crippen molar-refractivity contribution in [2.75, 3.05) is 5.73 Å². The Bertz CT molecular complexity index is 768. The van der Waals surface area contributed by atoms with Crippen molar-refractivity contribution in [3.05, 3.63) is 70.8 Å². The van der Waals surface area contributed by atoms with Gasteiger partial charge in [0.25, 0.3) is 0 Å². The summed E-state index contributed by atoms with van der Waals surface area (Å²) in [5.41, 5.74) is 11.0. The van der Waals surface area contributed by atoms with Gasteiger partial charge in [0, 0.05) is 0 Å². The molecule has 0 aliphatic rings. The Morgan fingerprint density at radius 1 is 1.21 bits per heavy atom. The summed E-state index contributed by atoms with van der Waals surface area (Å²) in [5.74, 6) is 0.345. The van der Waals surface area contributed by atoms with Gasteiger partial charge in [-0.3, -0.25) is 0 Å². The quantitative estimate of drug-likeness (QED) is 0.597. The average molecular weight is 338 g/mol. The molecule has 0 bridgehead atoms. The number of nitrogens with one attached hydrogen (secondary N) is 1. The number of anilines is 1. The molecule has 3 N–H and O–H groups in total. The zero-order valence-corrected chi connectivity index (χ0v) is 15.2. The Morgan fingerprint density at radius 3 is 2.46 bits per heavy atom. The van der Waals surface area contributed by atoms with E-state index in [1.165, 1.54) is 0 Å². The van der Waals surface area contributed by atoms with Gasteiger partial charge in [-0.15, -0.1) is 0 Å². The predicted molar refractivity (Wildman–Crippen MR) is 108 cm³/mol. The summed E-state index contributed by atoms with van der Waals surface area (Å²) >= 11 is 6.37. The van der Waals surface area contributed by atoms with Crippen LogP contribution in [0.1, 0.15) is 43.5 Å². The molecule has 0 aromatic heterocycles. The van der Waals surface area contributed by atoms with E-state index in [0.717, 1.165) is 27.4 Å². The molecule has 1 unspecified atom stereocenters. The second-order valence-electron chi connectivity index (χ2n) is 6.35. The van der Waals surface area contributed by atoms with Crippen LogP contribution in [0.25, 0.3) is 5.70 Å². The van der Waals surface area contributed by atoms with Crippen LogP contribution in [0.2, 0.25) is 5.02 Å². The molecule has 1 radical (unpaired) electrons. The fraction of sp³-hybridized carbons (Fsp3) is 0.250. The maximum absolute atomic E-state index is 6.37.